The fraction of sp³-hybridized carbons (Fsp3) is 0.692. The summed E-state index contributed by atoms with van der Waals surface area (Å²) in [6, 6.07) is 0.331. The lowest BCUT2D eigenvalue weighted by Gasteiger charge is -2.28. The number of amides is 1. The van der Waals surface area contributed by atoms with Gasteiger partial charge >= 0.3 is 0 Å². The van der Waals surface area contributed by atoms with Crippen LogP contribution in [-0.4, -0.2) is 46.3 Å². The molecule has 0 radical (unpaired) electrons. The number of carbonyl (C=O) groups is 1. The molecule has 0 aromatic carbocycles. The van der Waals surface area contributed by atoms with Crippen molar-refractivity contribution >= 4 is 5.91 Å². The number of nitrogens with zero attached hydrogens (tertiary/aromatic N) is 3. The van der Waals surface area contributed by atoms with Crippen LogP contribution in [0.3, 0.4) is 0 Å². The molecule has 1 aliphatic heterocycles. The Balaban J connectivity index is 2.19. The predicted octanol–water partition coefficient (Wildman–Crippen LogP) is 0.943. The molecule has 2 heterocycles. The predicted molar refractivity (Wildman–Crippen MR) is 70.5 cm³/mol. The van der Waals surface area contributed by atoms with E-state index < -0.39 is 0 Å². The van der Waals surface area contributed by atoms with Crippen LogP contribution in [0.5, 0.6) is 0 Å². The van der Waals surface area contributed by atoms with Crippen molar-refractivity contribution in [2.24, 2.45) is 7.05 Å². The van der Waals surface area contributed by atoms with Gasteiger partial charge in [0, 0.05) is 31.9 Å². The third-order valence-corrected chi connectivity index (χ3v) is 3.67. The van der Waals surface area contributed by atoms with Crippen LogP contribution in [0.15, 0.2) is 6.20 Å². The molecule has 1 aromatic heterocycles. The van der Waals surface area contributed by atoms with Crippen molar-refractivity contribution < 1.29 is 4.79 Å². The maximum Gasteiger partial charge on any atom is 0.257 e. The summed E-state index contributed by atoms with van der Waals surface area (Å²) >= 11 is 0. The fourth-order valence-electron chi connectivity index (χ4n) is 2.46. The van der Waals surface area contributed by atoms with Crippen LogP contribution in [0.1, 0.15) is 35.8 Å². The average Bonchev–Trinajstić information content (AvgIpc) is 2.98. The Kier molecular flexibility index (Phi) is 4.01. The summed E-state index contributed by atoms with van der Waals surface area (Å²) in [6.07, 6.45) is 3.72. The summed E-state index contributed by atoms with van der Waals surface area (Å²) in [7, 11) is 1.87. The summed E-state index contributed by atoms with van der Waals surface area (Å²) in [5.74, 6) is 0.121. The Hall–Kier alpha value is -1.36. The van der Waals surface area contributed by atoms with E-state index in [0.29, 0.717) is 6.04 Å². The highest BCUT2D eigenvalue weighted by Gasteiger charge is 2.28. The first-order valence-electron chi connectivity index (χ1n) is 6.65. The number of hydrogen-bond acceptors (Lipinski definition) is 3. The Morgan fingerprint density at radius 2 is 2.44 bits per heavy atom. The lowest BCUT2D eigenvalue weighted by atomic mass is 10.1. The largest absolute Gasteiger partial charge is 0.334 e. The highest BCUT2D eigenvalue weighted by Crippen LogP contribution is 2.16. The smallest absolute Gasteiger partial charge is 0.257 e. The molecule has 1 saturated heterocycles. The second kappa shape index (κ2) is 5.52. The van der Waals surface area contributed by atoms with Crippen molar-refractivity contribution in [3.8, 4) is 0 Å². The number of nitrogens with one attached hydrogen (secondary N) is 1. The van der Waals surface area contributed by atoms with E-state index in [1.807, 2.05) is 18.9 Å². The third kappa shape index (κ3) is 2.41. The van der Waals surface area contributed by atoms with Gasteiger partial charge in [-0.1, -0.05) is 6.92 Å². The van der Waals surface area contributed by atoms with Gasteiger partial charge in [0.25, 0.3) is 5.91 Å². The molecular weight excluding hydrogens is 228 g/mol. The van der Waals surface area contributed by atoms with Crippen LogP contribution in [0.25, 0.3) is 0 Å². The van der Waals surface area contributed by atoms with Gasteiger partial charge in [0.15, 0.2) is 0 Å². The molecule has 1 fully saturated rings. The SMILES string of the molecule is CCCN(C(=O)c1cnn(C)c1C)[C@@H]1CCNC1. The van der Waals surface area contributed by atoms with E-state index in [2.05, 4.69) is 17.3 Å². The van der Waals surface area contributed by atoms with Crippen LogP contribution in [-0.2, 0) is 7.05 Å². The van der Waals surface area contributed by atoms with Crippen LogP contribution < -0.4 is 5.32 Å². The molecule has 1 aliphatic rings. The van der Waals surface area contributed by atoms with Crippen LogP contribution in [0.2, 0.25) is 0 Å². The molecule has 0 spiro atoms. The minimum atomic E-state index is 0.121. The second-order valence-electron chi connectivity index (χ2n) is 4.91. The van der Waals surface area contributed by atoms with Gasteiger partial charge in [-0.15, -0.1) is 0 Å². The Labute approximate surface area is 108 Å². The first-order chi connectivity index (χ1) is 8.65. The third-order valence-electron chi connectivity index (χ3n) is 3.67. The average molecular weight is 250 g/mol. The molecule has 2 rings (SSSR count). The van der Waals surface area contributed by atoms with Gasteiger partial charge in [0.1, 0.15) is 0 Å². The first-order valence-corrected chi connectivity index (χ1v) is 6.65. The molecule has 1 atom stereocenters. The number of aromatic nitrogens is 2. The minimum absolute atomic E-state index is 0.121. The van der Waals surface area contributed by atoms with Crippen LogP contribution >= 0.6 is 0 Å². The summed E-state index contributed by atoms with van der Waals surface area (Å²) in [5.41, 5.74) is 1.67. The minimum Gasteiger partial charge on any atom is -0.334 e. The van der Waals surface area contributed by atoms with E-state index in [1.54, 1.807) is 10.9 Å². The lowest BCUT2D eigenvalue weighted by molar-refractivity contribution is 0.0691. The van der Waals surface area contributed by atoms with E-state index in [1.165, 1.54) is 0 Å². The highest BCUT2D eigenvalue weighted by atomic mass is 16.2. The van der Waals surface area contributed by atoms with Crippen molar-refractivity contribution in [1.82, 2.24) is 20.0 Å². The molecule has 1 N–H and O–H groups in total. The second-order valence-corrected chi connectivity index (χ2v) is 4.91. The summed E-state index contributed by atoms with van der Waals surface area (Å²) in [4.78, 5) is 14.6. The van der Waals surface area contributed by atoms with Gasteiger partial charge in [-0.25, -0.2) is 0 Å². The van der Waals surface area contributed by atoms with Gasteiger partial charge in [0.05, 0.1) is 11.8 Å². The van der Waals surface area contributed by atoms with Gasteiger partial charge in [-0.05, 0) is 26.3 Å². The van der Waals surface area contributed by atoms with Crippen molar-refractivity contribution in [1.29, 1.82) is 0 Å². The van der Waals surface area contributed by atoms with E-state index in [0.717, 1.165) is 43.7 Å². The summed E-state index contributed by atoms with van der Waals surface area (Å²) in [6.45, 7) is 6.78. The molecule has 5 nitrogen and oxygen atoms in total. The molecule has 5 heteroatoms. The zero-order chi connectivity index (χ0) is 13.1. The van der Waals surface area contributed by atoms with E-state index in [4.69, 9.17) is 0 Å². The normalized spacial score (nSPS) is 19.2. The molecule has 100 valence electrons. The fourth-order valence-corrected chi connectivity index (χ4v) is 2.46. The maximum absolute atomic E-state index is 12.6. The molecular formula is C13H22N4O. The van der Waals surface area contributed by atoms with E-state index >= 15 is 0 Å². The Bertz CT molecular complexity index is 421. The maximum atomic E-state index is 12.6. The highest BCUT2D eigenvalue weighted by molar-refractivity contribution is 5.95. The summed E-state index contributed by atoms with van der Waals surface area (Å²) in [5, 5.41) is 7.48. The number of carbonyl (C=O) groups excluding carboxylic acids is 1. The van der Waals surface area contributed by atoms with Crippen molar-refractivity contribution in [3.05, 3.63) is 17.5 Å². The van der Waals surface area contributed by atoms with Crippen LogP contribution in [0.4, 0.5) is 0 Å². The molecule has 0 bridgehead atoms. The quantitative estimate of drug-likeness (QED) is 0.865. The number of aryl methyl sites for hydroxylation is 1. The Morgan fingerprint density at radius 3 is 2.94 bits per heavy atom. The molecule has 1 aromatic rings. The van der Waals surface area contributed by atoms with E-state index in [9.17, 15) is 4.79 Å². The standard InChI is InChI=1S/C13H22N4O/c1-4-7-17(11-5-6-14-8-11)13(18)12-9-15-16(3)10(12)2/h9,11,14H,4-8H2,1-3H3/t11-/m1/s1. The zero-order valence-corrected chi connectivity index (χ0v) is 11.4. The van der Waals surface area contributed by atoms with Crippen molar-refractivity contribution in [2.75, 3.05) is 19.6 Å². The van der Waals surface area contributed by atoms with Gasteiger partial charge < -0.3 is 10.2 Å². The van der Waals surface area contributed by atoms with Crippen molar-refractivity contribution in [2.45, 2.75) is 32.7 Å². The molecule has 0 unspecified atom stereocenters. The number of rotatable bonds is 4. The molecule has 0 saturated carbocycles. The topological polar surface area (TPSA) is 50.2 Å². The van der Waals surface area contributed by atoms with Gasteiger partial charge in [-0.2, -0.15) is 5.10 Å². The molecule has 1 amide bonds. The monoisotopic (exact) mass is 250 g/mol. The Morgan fingerprint density at radius 1 is 1.67 bits per heavy atom. The van der Waals surface area contributed by atoms with Crippen molar-refractivity contribution in [3.63, 3.8) is 0 Å². The van der Waals surface area contributed by atoms with E-state index in [-0.39, 0.29) is 5.91 Å². The summed E-state index contributed by atoms with van der Waals surface area (Å²) < 4.78 is 1.75. The van der Waals surface area contributed by atoms with Gasteiger partial charge in [0.2, 0.25) is 0 Å². The molecule has 18 heavy (non-hydrogen) atoms. The van der Waals surface area contributed by atoms with Crippen LogP contribution in [0, 0.1) is 6.92 Å². The number of hydrogen-bond donors (Lipinski definition) is 1. The van der Waals surface area contributed by atoms with Gasteiger partial charge in [-0.3, -0.25) is 9.48 Å². The molecule has 0 aliphatic carbocycles. The zero-order valence-electron chi connectivity index (χ0n) is 11.4. The first kappa shape index (κ1) is 13.1. The lowest BCUT2D eigenvalue weighted by Crippen LogP contribution is -2.42.